The number of hydrogen-bond donors (Lipinski definition) is 2. The highest BCUT2D eigenvalue weighted by molar-refractivity contribution is 6.32. The second kappa shape index (κ2) is 4.72. The van der Waals surface area contributed by atoms with Crippen molar-refractivity contribution in [3.63, 3.8) is 0 Å². The fourth-order valence-corrected chi connectivity index (χ4v) is 2.12. The van der Waals surface area contributed by atoms with Crippen LogP contribution >= 0.6 is 0 Å². The number of alkyl halides is 4. The van der Waals surface area contributed by atoms with Crippen LogP contribution in [0.5, 0.6) is 0 Å². The lowest BCUT2D eigenvalue weighted by Gasteiger charge is -2.46. The first-order valence-electron chi connectivity index (χ1n) is 5.87. The van der Waals surface area contributed by atoms with Crippen LogP contribution in [0.2, 0.25) is 0 Å². The van der Waals surface area contributed by atoms with E-state index in [9.17, 15) is 17.6 Å². The van der Waals surface area contributed by atoms with E-state index in [1.165, 1.54) is 0 Å². The number of nitrogens with one attached hydrogen (secondary N) is 1. The highest BCUT2D eigenvalue weighted by Gasteiger charge is 2.65. The van der Waals surface area contributed by atoms with E-state index in [-0.39, 0.29) is 0 Å². The van der Waals surface area contributed by atoms with Crippen molar-refractivity contribution < 1.29 is 22.3 Å². The monoisotopic (exact) mass is 288 g/mol. The first kappa shape index (κ1) is 15.3. The van der Waals surface area contributed by atoms with Crippen molar-refractivity contribution in [2.24, 2.45) is 5.73 Å². The zero-order valence-corrected chi connectivity index (χ0v) is 10.7. The minimum Gasteiger partial charge on any atom is -0.334 e. The van der Waals surface area contributed by atoms with E-state index in [1.54, 1.807) is 31.2 Å². The van der Waals surface area contributed by atoms with Crippen molar-refractivity contribution in [1.29, 1.82) is 0 Å². The topological polar surface area (TPSA) is 47.3 Å². The summed E-state index contributed by atoms with van der Waals surface area (Å²) >= 11 is 0. The van der Waals surface area contributed by atoms with E-state index >= 15 is 0 Å². The molecule has 0 amide bonds. The Morgan fingerprint density at radius 2 is 2.10 bits per heavy atom. The predicted molar refractivity (Wildman–Crippen MR) is 66.1 cm³/mol. The Bertz CT molecular complexity index is 512. The van der Waals surface area contributed by atoms with Crippen LogP contribution in [-0.2, 0) is 10.3 Å². The minimum atomic E-state index is -5.21. The summed E-state index contributed by atoms with van der Waals surface area (Å²) in [6.45, 7) is 1.04. The van der Waals surface area contributed by atoms with Crippen molar-refractivity contribution in [3.8, 4) is 0 Å². The van der Waals surface area contributed by atoms with Crippen molar-refractivity contribution >= 4 is 13.3 Å². The van der Waals surface area contributed by atoms with Crippen LogP contribution in [0.3, 0.4) is 0 Å². The van der Waals surface area contributed by atoms with E-state index in [0.717, 1.165) is 0 Å². The SMILES string of the molecule is [B]c1cccc(C2(C)COC(F)(C(F)(F)F)C(N)N2)c1. The van der Waals surface area contributed by atoms with E-state index in [2.05, 4.69) is 10.1 Å². The molecule has 108 valence electrons. The maximum atomic E-state index is 13.9. The van der Waals surface area contributed by atoms with Crippen LogP contribution in [0.4, 0.5) is 17.6 Å². The van der Waals surface area contributed by atoms with Crippen molar-refractivity contribution in [2.75, 3.05) is 6.61 Å². The van der Waals surface area contributed by atoms with E-state index < -0.39 is 30.3 Å². The van der Waals surface area contributed by atoms with Crippen molar-refractivity contribution in [1.82, 2.24) is 5.32 Å². The van der Waals surface area contributed by atoms with E-state index in [4.69, 9.17) is 13.6 Å². The molecule has 20 heavy (non-hydrogen) atoms. The van der Waals surface area contributed by atoms with Crippen molar-refractivity contribution in [3.05, 3.63) is 29.8 Å². The second-order valence-electron chi connectivity index (χ2n) is 5.01. The molecule has 0 saturated carbocycles. The summed E-state index contributed by atoms with van der Waals surface area (Å²) in [6.07, 6.45) is -7.25. The standard InChI is InChI=1S/C12H13BF4N2O/c1-10(7-3-2-4-8(13)5-7)6-20-11(14,9(18)19-10)12(15,16)17/h2-5,9,19H,6,18H2,1H3. The van der Waals surface area contributed by atoms with Crippen LogP contribution in [0.15, 0.2) is 24.3 Å². The first-order chi connectivity index (χ1) is 9.08. The molecule has 2 rings (SSSR count). The zero-order valence-electron chi connectivity index (χ0n) is 10.7. The molecule has 1 aliphatic heterocycles. The Hall–Kier alpha value is -1.12. The molecule has 1 fully saturated rings. The van der Waals surface area contributed by atoms with Gasteiger partial charge in [0.15, 0.2) is 0 Å². The van der Waals surface area contributed by atoms with E-state index in [1.807, 2.05) is 0 Å². The number of rotatable bonds is 1. The summed E-state index contributed by atoms with van der Waals surface area (Å²) in [5.41, 5.74) is 5.23. The van der Waals surface area contributed by atoms with Gasteiger partial charge in [-0.2, -0.15) is 17.6 Å². The molecular weight excluding hydrogens is 275 g/mol. The molecule has 0 aliphatic carbocycles. The van der Waals surface area contributed by atoms with Gasteiger partial charge < -0.3 is 10.5 Å². The molecule has 0 spiro atoms. The molecular formula is C12H13BF4N2O. The van der Waals surface area contributed by atoms with Gasteiger partial charge in [0.25, 0.3) is 0 Å². The van der Waals surface area contributed by atoms with Gasteiger partial charge in [0, 0.05) is 0 Å². The first-order valence-corrected chi connectivity index (χ1v) is 5.87. The summed E-state index contributed by atoms with van der Waals surface area (Å²) in [5.74, 6) is -3.91. The predicted octanol–water partition coefficient (Wildman–Crippen LogP) is 0.828. The molecule has 3 nitrogen and oxygen atoms in total. The van der Waals surface area contributed by atoms with Gasteiger partial charge in [-0.3, -0.25) is 5.32 Å². The quantitative estimate of drug-likeness (QED) is 0.594. The van der Waals surface area contributed by atoms with Gasteiger partial charge in [-0.1, -0.05) is 29.7 Å². The molecule has 3 atom stereocenters. The number of morpholine rings is 1. The summed E-state index contributed by atoms with van der Waals surface area (Å²) in [4.78, 5) is 0. The second-order valence-corrected chi connectivity index (χ2v) is 5.01. The van der Waals surface area contributed by atoms with Crippen LogP contribution in [0.25, 0.3) is 0 Å². The van der Waals surface area contributed by atoms with Crippen LogP contribution in [-0.4, -0.2) is 32.7 Å². The van der Waals surface area contributed by atoms with Crippen LogP contribution in [0, 0.1) is 0 Å². The highest BCUT2D eigenvalue weighted by Crippen LogP contribution is 2.41. The highest BCUT2D eigenvalue weighted by atomic mass is 19.4. The smallest absolute Gasteiger partial charge is 0.334 e. The molecule has 3 unspecified atom stereocenters. The lowest BCUT2D eigenvalue weighted by atomic mass is 9.85. The summed E-state index contributed by atoms with van der Waals surface area (Å²) in [6, 6.07) is 6.50. The lowest BCUT2D eigenvalue weighted by molar-refractivity contribution is -0.361. The van der Waals surface area contributed by atoms with Gasteiger partial charge in [0.1, 0.15) is 14.0 Å². The lowest BCUT2D eigenvalue weighted by Crippen LogP contribution is -2.71. The van der Waals surface area contributed by atoms with Gasteiger partial charge in [-0.15, -0.1) is 0 Å². The van der Waals surface area contributed by atoms with Crippen molar-refractivity contribution in [2.45, 2.75) is 30.7 Å². The molecule has 1 aliphatic rings. The van der Waals surface area contributed by atoms with Gasteiger partial charge in [0.05, 0.1) is 12.1 Å². The zero-order chi connectivity index (χ0) is 15.2. The normalized spacial score (nSPS) is 35.0. The maximum Gasteiger partial charge on any atom is 0.451 e. The largest absolute Gasteiger partial charge is 0.451 e. The maximum absolute atomic E-state index is 13.9. The molecule has 2 radical (unpaired) electrons. The Kier molecular flexibility index (Phi) is 3.60. The average molecular weight is 288 g/mol. The van der Waals surface area contributed by atoms with Gasteiger partial charge in [-0.05, 0) is 12.5 Å². The Morgan fingerprint density at radius 3 is 2.60 bits per heavy atom. The number of halogens is 4. The molecule has 1 aromatic rings. The Balaban J connectivity index is 2.28. The number of benzene rings is 1. The summed E-state index contributed by atoms with van der Waals surface area (Å²) in [7, 11) is 5.63. The molecule has 3 N–H and O–H groups in total. The summed E-state index contributed by atoms with van der Waals surface area (Å²) < 4.78 is 56.2. The molecule has 1 heterocycles. The number of nitrogens with two attached hydrogens (primary N) is 1. The number of hydrogen-bond acceptors (Lipinski definition) is 3. The molecule has 0 aromatic heterocycles. The Morgan fingerprint density at radius 1 is 1.45 bits per heavy atom. The van der Waals surface area contributed by atoms with Crippen LogP contribution in [0.1, 0.15) is 12.5 Å². The Labute approximate surface area is 114 Å². The fraction of sp³-hybridized carbons (Fsp3) is 0.500. The molecule has 0 bridgehead atoms. The third kappa shape index (κ3) is 2.43. The van der Waals surface area contributed by atoms with E-state index in [0.29, 0.717) is 11.0 Å². The minimum absolute atomic E-state index is 0.437. The summed E-state index contributed by atoms with van der Waals surface area (Å²) in [5, 5.41) is 2.44. The average Bonchev–Trinajstić information content (AvgIpc) is 2.33. The molecule has 1 aromatic carbocycles. The fourth-order valence-electron chi connectivity index (χ4n) is 2.12. The number of ether oxygens (including phenoxy) is 1. The third-order valence-corrected chi connectivity index (χ3v) is 3.36. The third-order valence-electron chi connectivity index (χ3n) is 3.36. The van der Waals surface area contributed by atoms with Gasteiger partial charge in [-0.25, -0.2) is 0 Å². The molecule has 8 heteroatoms. The van der Waals surface area contributed by atoms with Gasteiger partial charge in [0.2, 0.25) is 0 Å². The molecule has 1 saturated heterocycles. The van der Waals surface area contributed by atoms with Crippen LogP contribution < -0.4 is 16.5 Å². The van der Waals surface area contributed by atoms with Gasteiger partial charge >= 0.3 is 12.0 Å².